The third-order valence-corrected chi connectivity index (χ3v) is 4.93. The average Bonchev–Trinajstić information content (AvgIpc) is 2.68. The number of hydrogen-bond donors (Lipinski definition) is 0. The molecule has 0 N–H and O–H groups in total. The van der Waals surface area contributed by atoms with Gasteiger partial charge in [-0.05, 0) is 29.3 Å². The van der Waals surface area contributed by atoms with Crippen LogP contribution in [0.3, 0.4) is 0 Å². The Morgan fingerprint density at radius 1 is 1.07 bits per heavy atom. The van der Waals surface area contributed by atoms with Gasteiger partial charge in [-0.2, -0.15) is 0 Å². The van der Waals surface area contributed by atoms with Gasteiger partial charge in [0.2, 0.25) is 0 Å². The lowest BCUT2D eigenvalue weighted by atomic mass is 10.0. The molecule has 1 aliphatic rings. The van der Waals surface area contributed by atoms with Crippen molar-refractivity contribution in [1.29, 1.82) is 0 Å². The van der Waals surface area contributed by atoms with Gasteiger partial charge in [-0.3, -0.25) is 9.88 Å². The van der Waals surface area contributed by atoms with Crippen molar-refractivity contribution in [2.75, 3.05) is 6.54 Å². The van der Waals surface area contributed by atoms with Crippen molar-refractivity contribution in [1.82, 2.24) is 19.9 Å². The van der Waals surface area contributed by atoms with Gasteiger partial charge in [0, 0.05) is 67.4 Å². The van der Waals surface area contributed by atoms with Gasteiger partial charge < -0.3 is 0 Å². The fourth-order valence-electron chi connectivity index (χ4n) is 3.44. The lowest BCUT2D eigenvalue weighted by Crippen LogP contribution is -2.31. The lowest BCUT2D eigenvalue weighted by molar-refractivity contribution is 0.242. The summed E-state index contributed by atoms with van der Waals surface area (Å²) in [6.07, 6.45) is 6.66. The molecule has 1 aliphatic heterocycles. The molecule has 3 aromatic rings. The van der Waals surface area contributed by atoms with E-state index >= 15 is 0 Å². The van der Waals surface area contributed by atoms with Gasteiger partial charge >= 0.3 is 0 Å². The number of hydrogen-bond acceptors (Lipinski definition) is 4. The van der Waals surface area contributed by atoms with E-state index < -0.39 is 0 Å². The molecule has 0 saturated carbocycles. The first kappa shape index (κ1) is 17.7. The molecule has 0 bridgehead atoms. The van der Waals surface area contributed by atoms with Crippen LogP contribution in [0, 0.1) is 5.82 Å². The third-order valence-electron chi connectivity index (χ3n) is 4.93. The summed E-state index contributed by atoms with van der Waals surface area (Å²) in [4.78, 5) is 16.0. The van der Waals surface area contributed by atoms with E-state index in [1.165, 1.54) is 23.4 Å². The van der Waals surface area contributed by atoms with Gasteiger partial charge in [0.25, 0.3) is 0 Å². The van der Waals surface area contributed by atoms with Gasteiger partial charge in [0.15, 0.2) is 0 Å². The second kappa shape index (κ2) is 7.53. The molecule has 0 amide bonds. The van der Waals surface area contributed by atoms with Crippen molar-refractivity contribution < 1.29 is 4.39 Å². The van der Waals surface area contributed by atoms with Crippen LogP contribution in [0.15, 0.2) is 48.9 Å². The fourth-order valence-corrected chi connectivity index (χ4v) is 3.44. The zero-order valence-corrected chi connectivity index (χ0v) is 15.7. The molecule has 4 nitrogen and oxygen atoms in total. The number of benzene rings is 1. The molecule has 4 rings (SSSR count). The smallest absolute Gasteiger partial charge is 0.131 e. The summed E-state index contributed by atoms with van der Waals surface area (Å²) in [5.41, 5.74) is 5.54. The van der Waals surface area contributed by atoms with Crippen LogP contribution in [-0.4, -0.2) is 26.4 Å². The maximum Gasteiger partial charge on any atom is 0.131 e. The predicted octanol–water partition coefficient (Wildman–Crippen LogP) is 4.36. The molecule has 5 heteroatoms. The van der Waals surface area contributed by atoms with Crippen LogP contribution in [0.5, 0.6) is 0 Å². The topological polar surface area (TPSA) is 41.9 Å². The Hall–Kier alpha value is -2.66. The summed E-state index contributed by atoms with van der Waals surface area (Å²) in [5.74, 6) is 1.06. The third kappa shape index (κ3) is 4.03. The summed E-state index contributed by atoms with van der Waals surface area (Å²) in [6, 6.07) is 8.67. The zero-order chi connectivity index (χ0) is 18.8. The molecule has 0 fully saturated rings. The summed E-state index contributed by atoms with van der Waals surface area (Å²) in [6.45, 7) is 6.90. The standard InChI is InChI=1S/C22H23FN4/c1-15(2)22-25-12-19-14-27(8-7-21(19)26-22)13-16-9-18(11-24-10-16)17-3-5-20(23)6-4-17/h3-6,9-12,15H,7-8,13-14H2,1-2H3. The highest BCUT2D eigenvalue weighted by molar-refractivity contribution is 5.62. The Labute approximate surface area is 159 Å². The largest absolute Gasteiger partial charge is 0.294 e. The minimum absolute atomic E-state index is 0.224. The lowest BCUT2D eigenvalue weighted by Gasteiger charge is -2.28. The van der Waals surface area contributed by atoms with Crippen LogP contribution >= 0.6 is 0 Å². The summed E-state index contributed by atoms with van der Waals surface area (Å²) < 4.78 is 13.1. The maximum atomic E-state index is 13.1. The molecule has 0 unspecified atom stereocenters. The quantitative estimate of drug-likeness (QED) is 0.692. The molecule has 0 saturated heterocycles. The Bertz CT molecular complexity index is 937. The molecule has 0 aliphatic carbocycles. The number of fused-ring (bicyclic) bond motifs is 1. The van der Waals surface area contributed by atoms with E-state index in [9.17, 15) is 4.39 Å². The molecule has 2 aromatic heterocycles. The Kier molecular flexibility index (Phi) is 4.94. The molecule has 27 heavy (non-hydrogen) atoms. The van der Waals surface area contributed by atoms with Crippen LogP contribution < -0.4 is 0 Å². The number of aromatic nitrogens is 3. The first-order valence-electron chi connectivity index (χ1n) is 9.35. The second-order valence-corrected chi connectivity index (χ2v) is 7.40. The number of nitrogens with zero attached hydrogens (tertiary/aromatic N) is 4. The first-order chi connectivity index (χ1) is 13.1. The highest BCUT2D eigenvalue weighted by Crippen LogP contribution is 2.23. The predicted molar refractivity (Wildman–Crippen MR) is 104 cm³/mol. The van der Waals surface area contributed by atoms with E-state index in [1.807, 2.05) is 18.6 Å². The first-order valence-corrected chi connectivity index (χ1v) is 9.35. The molecule has 3 heterocycles. The van der Waals surface area contributed by atoms with E-state index in [4.69, 9.17) is 4.98 Å². The Balaban J connectivity index is 1.49. The van der Waals surface area contributed by atoms with Crippen LogP contribution in [-0.2, 0) is 19.5 Å². The fraction of sp³-hybridized carbons (Fsp3) is 0.318. The van der Waals surface area contributed by atoms with Gasteiger partial charge in [-0.15, -0.1) is 0 Å². The molecule has 0 spiro atoms. The second-order valence-electron chi connectivity index (χ2n) is 7.40. The minimum Gasteiger partial charge on any atom is -0.294 e. The Morgan fingerprint density at radius 3 is 2.67 bits per heavy atom. The molecular formula is C22H23FN4. The SMILES string of the molecule is CC(C)c1ncc2c(n1)CCN(Cc1cncc(-c3ccc(F)cc3)c1)C2. The van der Waals surface area contributed by atoms with Crippen molar-refractivity contribution >= 4 is 0 Å². The van der Waals surface area contributed by atoms with Crippen molar-refractivity contribution in [3.63, 3.8) is 0 Å². The van der Waals surface area contributed by atoms with Crippen LogP contribution in [0.2, 0.25) is 0 Å². The van der Waals surface area contributed by atoms with Crippen molar-refractivity contribution in [2.45, 2.75) is 39.3 Å². The minimum atomic E-state index is -0.224. The van der Waals surface area contributed by atoms with Crippen molar-refractivity contribution in [2.24, 2.45) is 0 Å². The summed E-state index contributed by atoms with van der Waals surface area (Å²) in [7, 11) is 0. The van der Waals surface area contributed by atoms with E-state index in [2.05, 4.69) is 34.8 Å². The van der Waals surface area contributed by atoms with Gasteiger partial charge in [-0.25, -0.2) is 14.4 Å². The van der Waals surface area contributed by atoms with Crippen molar-refractivity contribution in [3.8, 4) is 11.1 Å². The summed E-state index contributed by atoms with van der Waals surface area (Å²) >= 11 is 0. The molecule has 0 atom stereocenters. The molecule has 1 aromatic carbocycles. The van der Waals surface area contributed by atoms with E-state index in [-0.39, 0.29) is 5.82 Å². The van der Waals surface area contributed by atoms with Gasteiger partial charge in [0.05, 0.1) is 0 Å². The van der Waals surface area contributed by atoms with Crippen LogP contribution in [0.1, 0.15) is 42.4 Å². The van der Waals surface area contributed by atoms with Crippen molar-refractivity contribution in [3.05, 3.63) is 77.4 Å². The van der Waals surface area contributed by atoms with E-state index in [1.54, 1.807) is 12.1 Å². The number of halogens is 1. The van der Waals surface area contributed by atoms with E-state index in [0.717, 1.165) is 48.6 Å². The molecule has 138 valence electrons. The van der Waals surface area contributed by atoms with Gasteiger partial charge in [0.1, 0.15) is 11.6 Å². The van der Waals surface area contributed by atoms with Gasteiger partial charge in [-0.1, -0.05) is 26.0 Å². The highest BCUT2D eigenvalue weighted by Gasteiger charge is 2.19. The number of rotatable bonds is 4. The van der Waals surface area contributed by atoms with Crippen LogP contribution in [0.4, 0.5) is 4.39 Å². The molecule has 0 radical (unpaired) electrons. The number of pyridine rings is 1. The normalized spacial score (nSPS) is 14.4. The summed E-state index contributed by atoms with van der Waals surface area (Å²) in [5, 5.41) is 0. The average molecular weight is 362 g/mol. The monoisotopic (exact) mass is 362 g/mol. The van der Waals surface area contributed by atoms with Crippen LogP contribution in [0.25, 0.3) is 11.1 Å². The van der Waals surface area contributed by atoms with E-state index in [0.29, 0.717) is 5.92 Å². The zero-order valence-electron chi connectivity index (χ0n) is 15.7. The highest BCUT2D eigenvalue weighted by atomic mass is 19.1. The maximum absolute atomic E-state index is 13.1. The Morgan fingerprint density at radius 2 is 1.89 bits per heavy atom. The molecular weight excluding hydrogens is 339 g/mol.